The maximum Gasteiger partial charge on any atom is 0.0568 e. The van der Waals surface area contributed by atoms with E-state index in [4.69, 9.17) is 5.10 Å². The van der Waals surface area contributed by atoms with Crippen molar-refractivity contribution >= 4 is 5.69 Å². The molecule has 0 radical (unpaired) electrons. The fourth-order valence-electron chi connectivity index (χ4n) is 6.44. The maximum atomic E-state index is 4.83. The van der Waals surface area contributed by atoms with E-state index in [0.717, 1.165) is 24.7 Å². The molecule has 1 N–H and O–H groups in total. The first-order chi connectivity index (χ1) is 15.6. The Bertz CT molecular complexity index is 946. The molecule has 3 aliphatic rings. The van der Waals surface area contributed by atoms with Crippen molar-refractivity contribution in [3.8, 4) is 11.1 Å². The molecule has 1 atom stereocenters. The molecule has 4 nitrogen and oxygen atoms in total. The number of allylic oxidation sites excluding steroid dienone is 1. The van der Waals surface area contributed by atoms with Crippen LogP contribution in [0.1, 0.15) is 82.4 Å². The molecule has 0 amide bonds. The van der Waals surface area contributed by atoms with Gasteiger partial charge in [0.2, 0.25) is 0 Å². The topological polar surface area (TPSA) is 33.1 Å². The molecule has 0 bridgehead atoms. The average Bonchev–Trinajstić information content (AvgIpc) is 3.50. The average molecular weight is 433 g/mol. The van der Waals surface area contributed by atoms with Crippen LogP contribution in [0, 0.1) is 5.92 Å². The number of piperidine rings is 1. The molecule has 0 unspecified atom stereocenters. The Morgan fingerprint density at radius 3 is 2.66 bits per heavy atom. The summed E-state index contributed by atoms with van der Waals surface area (Å²) in [5.74, 6) is 0.913. The van der Waals surface area contributed by atoms with Gasteiger partial charge in [-0.3, -0.25) is 4.68 Å². The third-order valence-corrected chi connectivity index (χ3v) is 8.20. The Balaban J connectivity index is 1.51. The van der Waals surface area contributed by atoms with Crippen molar-refractivity contribution in [2.75, 3.05) is 18.0 Å². The van der Waals surface area contributed by atoms with Gasteiger partial charge in [0.05, 0.1) is 12.2 Å². The largest absolute Gasteiger partial charge is 0.343 e. The lowest BCUT2D eigenvalue weighted by molar-refractivity contribution is 0.343. The van der Waals surface area contributed by atoms with E-state index >= 15 is 0 Å². The van der Waals surface area contributed by atoms with Gasteiger partial charge in [-0.25, -0.2) is 0 Å². The maximum absolute atomic E-state index is 4.83. The van der Waals surface area contributed by atoms with Crippen molar-refractivity contribution in [2.45, 2.75) is 90.1 Å². The zero-order valence-corrected chi connectivity index (χ0v) is 20.1. The number of nitrogens with one attached hydrogen (secondary N) is 1. The number of hydrogen-bond acceptors (Lipinski definition) is 3. The lowest BCUT2D eigenvalue weighted by atomic mass is 9.84. The Labute approximate surface area is 194 Å². The molecular formula is C28H40N4. The Hall–Kier alpha value is -2.07. The van der Waals surface area contributed by atoms with E-state index in [9.17, 15) is 0 Å². The standard InChI is InChI=1S/C28H40N4/c1-20(2)32-21(3)8-10-27-26(11-9-22-6-4-5-7-22)25(12-13-28(27)32)23-18-30-31(19-23)24-14-16-29-17-15-24/h12-13,18-19,21-22,24,29H,1,4-11,14-17H2,2-3H3/t21-/m0/s1. The minimum absolute atomic E-state index is 0.524. The van der Waals surface area contributed by atoms with Crippen LogP contribution in [0.25, 0.3) is 11.1 Å². The highest BCUT2D eigenvalue weighted by molar-refractivity contribution is 5.75. The summed E-state index contributed by atoms with van der Waals surface area (Å²) >= 11 is 0. The van der Waals surface area contributed by atoms with Gasteiger partial charge >= 0.3 is 0 Å². The molecule has 1 aromatic carbocycles. The molecule has 1 saturated heterocycles. The van der Waals surface area contributed by atoms with E-state index in [1.807, 2.05) is 0 Å². The van der Waals surface area contributed by atoms with E-state index in [1.54, 1.807) is 11.1 Å². The molecule has 3 heterocycles. The molecule has 2 fully saturated rings. The predicted molar refractivity (Wildman–Crippen MR) is 134 cm³/mol. The SMILES string of the molecule is C=C(C)N1c2ccc(-c3cnn(C4CCNCC4)c3)c(CCC3CCCC3)c2CC[C@@H]1C. The molecule has 1 aliphatic carbocycles. The van der Waals surface area contributed by atoms with Crippen LogP contribution in [0.2, 0.25) is 0 Å². The molecule has 5 rings (SSSR count). The summed E-state index contributed by atoms with van der Waals surface area (Å²) < 4.78 is 2.23. The third kappa shape index (κ3) is 4.26. The van der Waals surface area contributed by atoms with Gasteiger partial charge < -0.3 is 10.2 Å². The predicted octanol–water partition coefficient (Wildman–Crippen LogP) is 6.27. The van der Waals surface area contributed by atoms with Crippen LogP contribution in [-0.2, 0) is 12.8 Å². The van der Waals surface area contributed by atoms with Gasteiger partial charge in [-0.1, -0.05) is 38.3 Å². The minimum atomic E-state index is 0.524. The highest BCUT2D eigenvalue weighted by Crippen LogP contribution is 2.41. The minimum Gasteiger partial charge on any atom is -0.343 e. The van der Waals surface area contributed by atoms with Crippen molar-refractivity contribution in [2.24, 2.45) is 5.92 Å². The highest BCUT2D eigenvalue weighted by atomic mass is 15.3. The van der Waals surface area contributed by atoms with Crippen LogP contribution in [0.15, 0.2) is 36.8 Å². The van der Waals surface area contributed by atoms with Crippen LogP contribution in [-0.4, -0.2) is 28.9 Å². The molecule has 1 saturated carbocycles. The van der Waals surface area contributed by atoms with E-state index in [1.165, 1.54) is 81.0 Å². The quantitative estimate of drug-likeness (QED) is 0.584. The van der Waals surface area contributed by atoms with Gasteiger partial charge in [0, 0.05) is 29.2 Å². The van der Waals surface area contributed by atoms with E-state index < -0.39 is 0 Å². The lowest BCUT2D eigenvalue weighted by Crippen LogP contribution is -2.36. The van der Waals surface area contributed by atoms with E-state index in [2.05, 4.69) is 59.9 Å². The van der Waals surface area contributed by atoms with Gasteiger partial charge in [-0.2, -0.15) is 5.10 Å². The molecule has 2 aromatic rings. The van der Waals surface area contributed by atoms with Crippen molar-refractivity contribution in [1.82, 2.24) is 15.1 Å². The second-order valence-electron chi connectivity index (χ2n) is 10.5. The first-order valence-corrected chi connectivity index (χ1v) is 13.0. The second kappa shape index (κ2) is 9.43. The number of fused-ring (bicyclic) bond motifs is 1. The number of benzene rings is 1. The van der Waals surface area contributed by atoms with Crippen LogP contribution >= 0.6 is 0 Å². The molecule has 4 heteroatoms. The number of aromatic nitrogens is 2. The van der Waals surface area contributed by atoms with Crippen LogP contribution < -0.4 is 10.2 Å². The Kier molecular flexibility index (Phi) is 6.41. The fourth-order valence-corrected chi connectivity index (χ4v) is 6.44. The smallest absolute Gasteiger partial charge is 0.0568 e. The number of anilines is 1. The molecule has 172 valence electrons. The summed E-state index contributed by atoms with van der Waals surface area (Å²) in [5, 5.41) is 8.30. The molecule has 1 aromatic heterocycles. The Morgan fingerprint density at radius 1 is 1.12 bits per heavy atom. The zero-order chi connectivity index (χ0) is 22.1. The first kappa shape index (κ1) is 21.8. The van der Waals surface area contributed by atoms with Gasteiger partial charge in [-0.05, 0) is 94.1 Å². The van der Waals surface area contributed by atoms with Crippen molar-refractivity contribution in [3.05, 3.63) is 47.9 Å². The second-order valence-corrected chi connectivity index (χ2v) is 10.5. The fraction of sp³-hybridized carbons (Fsp3) is 0.607. The van der Waals surface area contributed by atoms with Crippen molar-refractivity contribution in [1.29, 1.82) is 0 Å². The van der Waals surface area contributed by atoms with Gasteiger partial charge in [0.25, 0.3) is 0 Å². The van der Waals surface area contributed by atoms with Crippen molar-refractivity contribution in [3.63, 3.8) is 0 Å². The normalized spacial score (nSPS) is 22.3. The number of hydrogen-bond donors (Lipinski definition) is 1. The lowest BCUT2D eigenvalue weighted by Gasteiger charge is -2.39. The van der Waals surface area contributed by atoms with Gasteiger partial charge in [0.15, 0.2) is 0 Å². The van der Waals surface area contributed by atoms with Gasteiger partial charge in [-0.15, -0.1) is 0 Å². The number of rotatable bonds is 6. The summed E-state index contributed by atoms with van der Waals surface area (Å²) in [6, 6.07) is 5.79. The van der Waals surface area contributed by atoms with Crippen LogP contribution in [0.5, 0.6) is 0 Å². The summed E-state index contributed by atoms with van der Waals surface area (Å²) in [5.41, 5.74) is 8.42. The number of nitrogens with zero attached hydrogens (tertiary/aromatic N) is 3. The molecule has 0 spiro atoms. The third-order valence-electron chi connectivity index (χ3n) is 8.20. The summed E-state index contributed by atoms with van der Waals surface area (Å²) in [7, 11) is 0. The molecule has 2 aliphatic heterocycles. The van der Waals surface area contributed by atoms with E-state index in [0.29, 0.717) is 12.1 Å². The summed E-state index contributed by atoms with van der Waals surface area (Å²) in [4.78, 5) is 2.47. The summed E-state index contributed by atoms with van der Waals surface area (Å²) in [6.45, 7) is 11.0. The molecular weight excluding hydrogens is 392 g/mol. The summed E-state index contributed by atoms with van der Waals surface area (Å²) in [6.07, 6.45) is 17.4. The van der Waals surface area contributed by atoms with Crippen molar-refractivity contribution < 1.29 is 0 Å². The zero-order valence-electron chi connectivity index (χ0n) is 20.1. The molecule has 32 heavy (non-hydrogen) atoms. The highest BCUT2D eigenvalue weighted by Gasteiger charge is 2.28. The Morgan fingerprint density at radius 2 is 1.91 bits per heavy atom. The van der Waals surface area contributed by atoms with Crippen LogP contribution in [0.3, 0.4) is 0 Å². The van der Waals surface area contributed by atoms with Gasteiger partial charge in [0.1, 0.15) is 0 Å². The van der Waals surface area contributed by atoms with E-state index in [-0.39, 0.29) is 0 Å². The van der Waals surface area contributed by atoms with Crippen LogP contribution in [0.4, 0.5) is 5.69 Å². The monoisotopic (exact) mass is 432 g/mol. The first-order valence-electron chi connectivity index (χ1n) is 13.0.